The summed E-state index contributed by atoms with van der Waals surface area (Å²) < 4.78 is 5.15. The molecule has 0 N–H and O–H groups in total. The van der Waals surface area contributed by atoms with Crippen LogP contribution >= 0.6 is 0 Å². The van der Waals surface area contributed by atoms with Crippen LogP contribution < -0.4 is 4.74 Å². The van der Waals surface area contributed by atoms with E-state index in [1.54, 1.807) is 42.5 Å². The van der Waals surface area contributed by atoms with Gasteiger partial charge in [0.25, 0.3) is 0 Å². The molecule has 0 saturated carbocycles. The van der Waals surface area contributed by atoms with Gasteiger partial charge in [-0.1, -0.05) is 42.5 Å². The van der Waals surface area contributed by atoms with Crippen LogP contribution in [0.4, 0.5) is 0 Å². The van der Waals surface area contributed by atoms with Crippen LogP contribution in [0, 0.1) is 0 Å². The van der Waals surface area contributed by atoms with Crippen molar-refractivity contribution in [2.45, 2.75) is 0 Å². The molecule has 3 heteroatoms. The van der Waals surface area contributed by atoms with Gasteiger partial charge in [0.15, 0.2) is 12.1 Å². The maximum absolute atomic E-state index is 12.4. The smallest absolute Gasteiger partial charge is 0.197 e. The number of carbonyl (C=O) groups is 2. The zero-order chi connectivity index (χ0) is 13.0. The van der Waals surface area contributed by atoms with E-state index in [4.69, 9.17) is 4.74 Å². The van der Waals surface area contributed by atoms with Crippen LogP contribution in [0.25, 0.3) is 0 Å². The molecule has 0 spiro atoms. The van der Waals surface area contributed by atoms with E-state index in [0.717, 1.165) is 0 Å². The minimum Gasteiger partial charge on any atom is -0.496 e. The largest absolute Gasteiger partial charge is 0.496 e. The second-order valence-corrected chi connectivity index (χ2v) is 3.74. The number of aldehydes is 1. The van der Waals surface area contributed by atoms with Gasteiger partial charge in [-0.2, -0.15) is 0 Å². The Hall–Kier alpha value is -2.42. The van der Waals surface area contributed by atoms with Crippen molar-refractivity contribution in [1.82, 2.24) is 0 Å². The monoisotopic (exact) mass is 240 g/mol. The summed E-state index contributed by atoms with van der Waals surface area (Å²) in [6.07, 6.45) is 0.665. The molecule has 18 heavy (non-hydrogen) atoms. The van der Waals surface area contributed by atoms with Crippen LogP contribution in [0.15, 0.2) is 48.5 Å². The minimum absolute atomic E-state index is 0.213. The Labute approximate surface area is 105 Å². The normalized spacial score (nSPS) is 9.83. The lowest BCUT2D eigenvalue weighted by Crippen LogP contribution is -2.07. The molecular weight excluding hydrogens is 228 g/mol. The number of hydrogen-bond donors (Lipinski definition) is 0. The third-order valence-electron chi connectivity index (χ3n) is 2.67. The van der Waals surface area contributed by atoms with E-state index < -0.39 is 0 Å². The van der Waals surface area contributed by atoms with Crippen molar-refractivity contribution in [3.63, 3.8) is 0 Å². The Morgan fingerprint density at radius 1 is 1.06 bits per heavy atom. The molecule has 2 aromatic carbocycles. The van der Waals surface area contributed by atoms with Crippen molar-refractivity contribution in [2.24, 2.45) is 0 Å². The van der Waals surface area contributed by atoms with Crippen molar-refractivity contribution < 1.29 is 14.3 Å². The lowest BCUT2D eigenvalue weighted by molar-refractivity contribution is 0.102. The van der Waals surface area contributed by atoms with E-state index >= 15 is 0 Å². The zero-order valence-corrected chi connectivity index (χ0v) is 9.92. The van der Waals surface area contributed by atoms with Crippen LogP contribution in [0.5, 0.6) is 5.75 Å². The molecule has 0 atom stereocenters. The maximum atomic E-state index is 12.4. The van der Waals surface area contributed by atoms with Crippen molar-refractivity contribution >= 4 is 12.1 Å². The molecule has 3 nitrogen and oxygen atoms in total. The fourth-order valence-corrected chi connectivity index (χ4v) is 1.79. The molecule has 0 fully saturated rings. The first kappa shape index (κ1) is 12.0. The molecule has 2 rings (SSSR count). The Bertz CT molecular complexity index is 574. The Morgan fingerprint density at radius 3 is 2.39 bits per heavy atom. The van der Waals surface area contributed by atoms with Gasteiger partial charge in [-0.15, -0.1) is 0 Å². The molecule has 0 amide bonds. The summed E-state index contributed by atoms with van der Waals surface area (Å²) in [5.41, 5.74) is 1.18. The third kappa shape index (κ3) is 2.15. The van der Waals surface area contributed by atoms with Crippen LogP contribution in [0.2, 0.25) is 0 Å². The van der Waals surface area contributed by atoms with E-state index in [2.05, 4.69) is 0 Å². The van der Waals surface area contributed by atoms with Gasteiger partial charge < -0.3 is 4.74 Å². The average Bonchev–Trinajstić information content (AvgIpc) is 2.46. The molecular formula is C15H12O3. The van der Waals surface area contributed by atoms with Crippen molar-refractivity contribution in [3.05, 3.63) is 65.2 Å². The first-order valence-electron chi connectivity index (χ1n) is 5.50. The summed E-state index contributed by atoms with van der Waals surface area (Å²) >= 11 is 0. The van der Waals surface area contributed by atoms with Crippen LogP contribution in [-0.4, -0.2) is 19.2 Å². The highest BCUT2D eigenvalue weighted by atomic mass is 16.5. The highest BCUT2D eigenvalue weighted by Gasteiger charge is 2.18. The first-order chi connectivity index (χ1) is 8.77. The summed E-state index contributed by atoms with van der Waals surface area (Å²) in [5, 5.41) is 0. The highest BCUT2D eigenvalue weighted by Crippen LogP contribution is 2.24. The average molecular weight is 240 g/mol. The van der Waals surface area contributed by atoms with Gasteiger partial charge in [0.05, 0.1) is 12.7 Å². The predicted octanol–water partition coefficient (Wildman–Crippen LogP) is 2.74. The zero-order valence-electron chi connectivity index (χ0n) is 9.92. The van der Waals surface area contributed by atoms with E-state index in [1.807, 2.05) is 6.07 Å². The van der Waals surface area contributed by atoms with E-state index in [-0.39, 0.29) is 5.78 Å². The number of carbonyl (C=O) groups excluding carboxylic acids is 2. The first-order valence-corrected chi connectivity index (χ1v) is 5.50. The molecule has 0 unspecified atom stereocenters. The molecule has 0 saturated heterocycles. The topological polar surface area (TPSA) is 43.4 Å². The molecule has 0 heterocycles. The predicted molar refractivity (Wildman–Crippen MR) is 68.3 cm³/mol. The molecule has 0 aromatic heterocycles. The standard InChI is InChI=1S/C15H12O3/c1-18-13-9-5-8-12(10-16)14(13)15(17)11-6-3-2-4-7-11/h2-10H,1H3. The number of rotatable bonds is 4. The fraction of sp³-hybridized carbons (Fsp3) is 0.0667. The summed E-state index contributed by atoms with van der Waals surface area (Å²) in [6, 6.07) is 13.8. The molecule has 0 aliphatic heterocycles. The lowest BCUT2D eigenvalue weighted by Gasteiger charge is -2.09. The third-order valence-corrected chi connectivity index (χ3v) is 2.67. The summed E-state index contributed by atoms with van der Waals surface area (Å²) in [6.45, 7) is 0. The maximum Gasteiger partial charge on any atom is 0.197 e. The Morgan fingerprint density at radius 2 is 1.78 bits per heavy atom. The fourth-order valence-electron chi connectivity index (χ4n) is 1.79. The van der Waals surface area contributed by atoms with Gasteiger partial charge in [0, 0.05) is 11.1 Å². The van der Waals surface area contributed by atoms with Gasteiger partial charge >= 0.3 is 0 Å². The number of methoxy groups -OCH3 is 1. The second-order valence-electron chi connectivity index (χ2n) is 3.74. The van der Waals surface area contributed by atoms with Crippen LogP contribution in [-0.2, 0) is 0 Å². The lowest BCUT2D eigenvalue weighted by atomic mass is 9.98. The molecule has 0 bridgehead atoms. The number of benzene rings is 2. The molecule has 0 aliphatic rings. The second kappa shape index (κ2) is 5.27. The SMILES string of the molecule is COc1cccc(C=O)c1C(=O)c1ccccc1. The van der Waals surface area contributed by atoms with Crippen molar-refractivity contribution in [3.8, 4) is 5.75 Å². The van der Waals surface area contributed by atoms with Gasteiger partial charge in [-0.3, -0.25) is 9.59 Å². The molecule has 90 valence electrons. The van der Waals surface area contributed by atoms with Gasteiger partial charge in [0.2, 0.25) is 0 Å². The van der Waals surface area contributed by atoms with Gasteiger partial charge in [-0.25, -0.2) is 0 Å². The van der Waals surface area contributed by atoms with Crippen molar-refractivity contribution in [1.29, 1.82) is 0 Å². The Kier molecular flexibility index (Phi) is 3.53. The summed E-state index contributed by atoms with van der Waals surface area (Å²) in [7, 11) is 1.48. The van der Waals surface area contributed by atoms with E-state index in [0.29, 0.717) is 28.7 Å². The van der Waals surface area contributed by atoms with Gasteiger partial charge in [-0.05, 0) is 6.07 Å². The van der Waals surface area contributed by atoms with E-state index in [1.165, 1.54) is 7.11 Å². The van der Waals surface area contributed by atoms with Crippen molar-refractivity contribution in [2.75, 3.05) is 7.11 Å². The molecule has 2 aromatic rings. The number of hydrogen-bond acceptors (Lipinski definition) is 3. The molecule has 0 aliphatic carbocycles. The Balaban J connectivity index is 2.57. The molecule has 0 radical (unpaired) electrons. The minimum atomic E-state index is -0.213. The number of ether oxygens (including phenoxy) is 1. The van der Waals surface area contributed by atoms with Gasteiger partial charge in [0.1, 0.15) is 5.75 Å². The summed E-state index contributed by atoms with van der Waals surface area (Å²) in [5.74, 6) is 0.198. The summed E-state index contributed by atoms with van der Waals surface area (Å²) in [4.78, 5) is 23.4. The highest BCUT2D eigenvalue weighted by molar-refractivity contribution is 6.14. The quantitative estimate of drug-likeness (QED) is 0.609. The number of ketones is 1. The van der Waals surface area contributed by atoms with Crippen LogP contribution in [0.1, 0.15) is 26.3 Å². The van der Waals surface area contributed by atoms with E-state index in [9.17, 15) is 9.59 Å². The van der Waals surface area contributed by atoms with Crippen LogP contribution in [0.3, 0.4) is 0 Å².